The van der Waals surface area contributed by atoms with E-state index in [2.05, 4.69) is 13.2 Å². The molecule has 0 amide bonds. The number of rotatable bonds is 15. The van der Waals surface area contributed by atoms with Crippen LogP contribution in [0.3, 0.4) is 0 Å². The van der Waals surface area contributed by atoms with Crippen molar-refractivity contribution in [2.24, 2.45) is 0 Å². The Morgan fingerprint density at radius 2 is 1.39 bits per heavy atom. The lowest BCUT2D eigenvalue weighted by Gasteiger charge is -2.15. The number of hydrogen-bond acceptors (Lipinski definition) is 8. The Kier molecular flexibility index (Phi) is 14.0. The van der Waals surface area contributed by atoms with Crippen molar-refractivity contribution in [3.63, 3.8) is 0 Å². The molecule has 0 aliphatic carbocycles. The molecule has 0 aliphatic rings. The number of carbonyl (C=O) groups excluding carboxylic acids is 2. The van der Waals surface area contributed by atoms with Gasteiger partial charge in [0.25, 0.3) is 0 Å². The molecule has 8 nitrogen and oxygen atoms in total. The second-order valence-electron chi connectivity index (χ2n) is 3.98. The Bertz CT molecular complexity index is 355. The Hall–Kier alpha value is -1.74. The van der Waals surface area contributed by atoms with Gasteiger partial charge in [0.1, 0.15) is 13.2 Å². The van der Waals surface area contributed by atoms with E-state index in [1.54, 1.807) is 0 Å². The first kappa shape index (κ1) is 21.3. The van der Waals surface area contributed by atoms with Gasteiger partial charge in [0.15, 0.2) is 0 Å². The van der Waals surface area contributed by atoms with Crippen molar-refractivity contribution in [2.45, 2.75) is 6.29 Å². The summed E-state index contributed by atoms with van der Waals surface area (Å²) in [4.78, 5) is 21.7. The second-order valence-corrected chi connectivity index (χ2v) is 3.98. The molecule has 0 saturated carbocycles. The van der Waals surface area contributed by atoms with Crippen molar-refractivity contribution in [3.8, 4) is 0 Å². The fourth-order valence-electron chi connectivity index (χ4n) is 1.21. The first-order chi connectivity index (χ1) is 11.1. The molecule has 23 heavy (non-hydrogen) atoms. The fourth-order valence-corrected chi connectivity index (χ4v) is 1.21. The standard InChI is InChI=1S/C15H24O8/c1-4-13(16)22-11-10-20-7-6-19-8-9-21-12-15(18-3)23-14(17)5-2/h4-5,15H,1-2,6-12H2,3H3. The van der Waals surface area contributed by atoms with Crippen LogP contribution in [-0.4, -0.2) is 71.6 Å². The summed E-state index contributed by atoms with van der Waals surface area (Å²) in [6.07, 6.45) is 1.37. The van der Waals surface area contributed by atoms with Gasteiger partial charge in [-0.05, 0) is 0 Å². The highest BCUT2D eigenvalue weighted by atomic mass is 16.7. The smallest absolute Gasteiger partial charge is 0.332 e. The van der Waals surface area contributed by atoms with Crippen LogP contribution in [0.5, 0.6) is 0 Å². The molecular weight excluding hydrogens is 308 g/mol. The van der Waals surface area contributed by atoms with E-state index in [1.165, 1.54) is 7.11 Å². The molecular formula is C15H24O8. The lowest BCUT2D eigenvalue weighted by molar-refractivity contribution is -0.179. The Morgan fingerprint density at radius 3 is 1.91 bits per heavy atom. The molecule has 0 bridgehead atoms. The quantitative estimate of drug-likeness (QED) is 0.185. The zero-order valence-corrected chi connectivity index (χ0v) is 13.4. The van der Waals surface area contributed by atoms with Gasteiger partial charge < -0.3 is 28.4 Å². The minimum Gasteiger partial charge on any atom is -0.460 e. The van der Waals surface area contributed by atoms with E-state index in [0.29, 0.717) is 33.0 Å². The normalized spacial score (nSPS) is 11.5. The van der Waals surface area contributed by atoms with Gasteiger partial charge in [-0.2, -0.15) is 0 Å². The van der Waals surface area contributed by atoms with Crippen molar-refractivity contribution < 1.29 is 38.0 Å². The van der Waals surface area contributed by atoms with Gasteiger partial charge in [0.2, 0.25) is 6.29 Å². The molecule has 1 unspecified atom stereocenters. The maximum atomic E-state index is 11.0. The maximum Gasteiger partial charge on any atom is 0.332 e. The number of ether oxygens (including phenoxy) is 6. The first-order valence-electron chi connectivity index (χ1n) is 7.02. The van der Waals surface area contributed by atoms with Crippen LogP contribution in [0, 0.1) is 0 Å². The van der Waals surface area contributed by atoms with Gasteiger partial charge in [-0.1, -0.05) is 13.2 Å². The lowest BCUT2D eigenvalue weighted by Crippen LogP contribution is -2.25. The summed E-state index contributed by atoms with van der Waals surface area (Å²) in [6.45, 7) is 8.58. The summed E-state index contributed by atoms with van der Waals surface area (Å²) < 4.78 is 30.2. The average Bonchev–Trinajstić information content (AvgIpc) is 2.57. The van der Waals surface area contributed by atoms with Crippen molar-refractivity contribution in [3.05, 3.63) is 25.3 Å². The van der Waals surface area contributed by atoms with Gasteiger partial charge in [-0.25, -0.2) is 9.59 Å². The topological polar surface area (TPSA) is 89.5 Å². The number of carbonyl (C=O) groups is 2. The monoisotopic (exact) mass is 332 g/mol. The van der Waals surface area contributed by atoms with Crippen LogP contribution in [0.25, 0.3) is 0 Å². The van der Waals surface area contributed by atoms with E-state index in [9.17, 15) is 9.59 Å². The highest BCUT2D eigenvalue weighted by Crippen LogP contribution is 1.96. The van der Waals surface area contributed by atoms with Gasteiger partial charge in [-0.3, -0.25) is 0 Å². The minimum absolute atomic E-state index is 0.102. The molecule has 0 heterocycles. The second kappa shape index (κ2) is 15.2. The number of esters is 2. The van der Waals surface area contributed by atoms with E-state index in [1.807, 2.05) is 0 Å². The van der Waals surface area contributed by atoms with Crippen LogP contribution in [0.15, 0.2) is 25.3 Å². The van der Waals surface area contributed by atoms with E-state index < -0.39 is 18.2 Å². The zero-order chi connectivity index (χ0) is 17.3. The average molecular weight is 332 g/mol. The summed E-state index contributed by atoms with van der Waals surface area (Å²) in [7, 11) is 1.41. The van der Waals surface area contributed by atoms with Crippen molar-refractivity contribution in [1.29, 1.82) is 0 Å². The third-order valence-electron chi connectivity index (χ3n) is 2.31. The Labute approximate surface area is 135 Å². The van der Waals surface area contributed by atoms with E-state index in [4.69, 9.17) is 28.4 Å². The maximum absolute atomic E-state index is 11.0. The lowest BCUT2D eigenvalue weighted by atomic mass is 10.6. The molecule has 0 aromatic carbocycles. The van der Waals surface area contributed by atoms with E-state index >= 15 is 0 Å². The molecule has 0 fully saturated rings. The summed E-state index contributed by atoms with van der Waals surface area (Å²) in [5.41, 5.74) is 0. The summed E-state index contributed by atoms with van der Waals surface area (Å²) in [5, 5.41) is 0. The highest BCUT2D eigenvalue weighted by Gasteiger charge is 2.11. The number of methoxy groups -OCH3 is 1. The molecule has 0 aromatic rings. The van der Waals surface area contributed by atoms with E-state index in [-0.39, 0.29) is 13.2 Å². The molecule has 1 atom stereocenters. The van der Waals surface area contributed by atoms with Crippen LogP contribution < -0.4 is 0 Å². The molecule has 132 valence electrons. The summed E-state index contributed by atoms with van der Waals surface area (Å²) in [5.74, 6) is -1.05. The molecule has 0 N–H and O–H groups in total. The molecule has 0 saturated heterocycles. The largest absolute Gasteiger partial charge is 0.460 e. The van der Waals surface area contributed by atoms with Crippen molar-refractivity contribution in [1.82, 2.24) is 0 Å². The van der Waals surface area contributed by atoms with Crippen LogP contribution in [0.1, 0.15) is 0 Å². The van der Waals surface area contributed by atoms with E-state index in [0.717, 1.165) is 12.2 Å². The van der Waals surface area contributed by atoms with Crippen LogP contribution in [-0.2, 0) is 38.0 Å². The minimum atomic E-state index is -0.776. The van der Waals surface area contributed by atoms with Crippen LogP contribution in [0.4, 0.5) is 0 Å². The third kappa shape index (κ3) is 13.6. The van der Waals surface area contributed by atoms with Crippen LogP contribution >= 0.6 is 0 Å². The van der Waals surface area contributed by atoms with Crippen molar-refractivity contribution >= 4 is 11.9 Å². The highest BCUT2D eigenvalue weighted by molar-refractivity contribution is 5.81. The fraction of sp³-hybridized carbons (Fsp3) is 0.600. The molecule has 0 radical (unpaired) electrons. The predicted octanol–water partition coefficient (Wildman–Crippen LogP) is 0.467. The Balaban J connectivity index is 3.35. The molecule has 0 spiro atoms. The molecule has 0 aromatic heterocycles. The van der Waals surface area contributed by atoms with Gasteiger partial charge in [0.05, 0.1) is 33.0 Å². The summed E-state index contributed by atoms with van der Waals surface area (Å²) in [6, 6.07) is 0. The molecule has 0 aliphatic heterocycles. The Morgan fingerprint density at radius 1 is 0.870 bits per heavy atom. The van der Waals surface area contributed by atoms with Gasteiger partial charge >= 0.3 is 11.9 Å². The van der Waals surface area contributed by atoms with Gasteiger partial charge in [-0.15, -0.1) is 0 Å². The predicted molar refractivity (Wildman–Crippen MR) is 80.7 cm³/mol. The SMILES string of the molecule is C=CC(=O)OCCOCCOCCOCC(OC)OC(=O)C=C. The number of hydrogen-bond donors (Lipinski definition) is 0. The molecule has 8 heteroatoms. The first-order valence-corrected chi connectivity index (χ1v) is 7.02. The van der Waals surface area contributed by atoms with Gasteiger partial charge in [0, 0.05) is 19.3 Å². The summed E-state index contributed by atoms with van der Waals surface area (Å²) >= 11 is 0. The zero-order valence-electron chi connectivity index (χ0n) is 13.4. The third-order valence-corrected chi connectivity index (χ3v) is 2.31. The molecule has 0 rings (SSSR count). The van der Waals surface area contributed by atoms with Crippen LogP contribution in [0.2, 0.25) is 0 Å². The van der Waals surface area contributed by atoms with Crippen molar-refractivity contribution in [2.75, 3.05) is 53.4 Å².